The predicted octanol–water partition coefficient (Wildman–Crippen LogP) is 0.974. The molecule has 1 unspecified atom stereocenters. The third kappa shape index (κ3) is 1.16. The zero-order valence-corrected chi connectivity index (χ0v) is 7.44. The molecular formula is C6H13IN+. The van der Waals surface area contributed by atoms with Crippen molar-refractivity contribution in [1.82, 2.24) is 0 Å². The summed E-state index contributed by atoms with van der Waals surface area (Å²) in [7, 11) is 0. The van der Waals surface area contributed by atoms with Crippen LogP contribution in [0.15, 0.2) is 0 Å². The fourth-order valence-electron chi connectivity index (χ4n) is 0.893. The Balaban J connectivity index is 2.34. The summed E-state index contributed by atoms with van der Waals surface area (Å²) in [6.45, 7) is 2.22. The first-order valence-corrected chi connectivity index (χ1v) is 4.29. The van der Waals surface area contributed by atoms with E-state index in [9.17, 15) is 0 Å². The molecule has 1 fully saturated rings. The van der Waals surface area contributed by atoms with Crippen LogP contribution in [-0.4, -0.2) is 9.46 Å². The third-order valence-corrected chi connectivity index (χ3v) is 3.91. The summed E-state index contributed by atoms with van der Waals surface area (Å²) in [5.41, 5.74) is 4.08. The van der Waals surface area contributed by atoms with Gasteiger partial charge in [0.25, 0.3) is 0 Å². The Labute approximate surface area is 64.2 Å². The van der Waals surface area contributed by atoms with Gasteiger partial charge < -0.3 is 5.73 Å². The standard InChI is InChI=1S/C6H12IN/c1-2-5(8)6(7)3-4-6/h5H,2-4,8H2,1H3/p+1. The van der Waals surface area contributed by atoms with Gasteiger partial charge in [-0.3, -0.25) is 0 Å². The second kappa shape index (κ2) is 2.14. The lowest BCUT2D eigenvalue weighted by Crippen LogP contribution is -2.65. The zero-order chi connectivity index (χ0) is 6.20. The van der Waals surface area contributed by atoms with Crippen LogP contribution < -0.4 is 5.73 Å². The molecule has 3 N–H and O–H groups in total. The van der Waals surface area contributed by atoms with Gasteiger partial charge in [-0.25, -0.2) is 0 Å². The van der Waals surface area contributed by atoms with E-state index >= 15 is 0 Å². The number of alkyl halides is 1. The van der Waals surface area contributed by atoms with E-state index in [2.05, 4.69) is 35.2 Å². The Kier molecular flexibility index (Phi) is 1.82. The van der Waals surface area contributed by atoms with Crippen molar-refractivity contribution in [2.45, 2.75) is 35.6 Å². The van der Waals surface area contributed by atoms with Crippen LogP contribution in [0.4, 0.5) is 0 Å². The Morgan fingerprint density at radius 2 is 2.25 bits per heavy atom. The van der Waals surface area contributed by atoms with Gasteiger partial charge in [0.05, 0.1) is 9.46 Å². The van der Waals surface area contributed by atoms with Gasteiger partial charge in [-0.1, -0.05) is 29.5 Å². The minimum absolute atomic E-state index is 0.618. The van der Waals surface area contributed by atoms with Crippen molar-refractivity contribution < 1.29 is 5.73 Å². The van der Waals surface area contributed by atoms with Gasteiger partial charge in [-0.05, 0) is 19.3 Å². The molecule has 8 heavy (non-hydrogen) atoms. The molecule has 0 aromatic heterocycles. The molecule has 0 radical (unpaired) electrons. The highest BCUT2D eigenvalue weighted by atomic mass is 127. The highest BCUT2D eigenvalue weighted by molar-refractivity contribution is 14.1. The molecule has 1 nitrogen and oxygen atoms in total. The smallest absolute Gasteiger partial charge is 0.0988 e. The van der Waals surface area contributed by atoms with E-state index in [-0.39, 0.29) is 0 Å². The second-order valence-corrected chi connectivity index (χ2v) is 4.79. The van der Waals surface area contributed by atoms with Crippen molar-refractivity contribution >= 4 is 22.6 Å². The summed E-state index contributed by atoms with van der Waals surface area (Å²) >= 11 is 2.55. The molecule has 0 saturated heterocycles. The van der Waals surface area contributed by atoms with Crippen molar-refractivity contribution in [3.63, 3.8) is 0 Å². The van der Waals surface area contributed by atoms with E-state index in [1.807, 2.05) is 0 Å². The van der Waals surface area contributed by atoms with Crippen molar-refractivity contribution in [3.8, 4) is 0 Å². The number of hydrogen-bond acceptors (Lipinski definition) is 0. The van der Waals surface area contributed by atoms with Crippen LogP contribution in [0.3, 0.4) is 0 Å². The molecule has 1 atom stereocenters. The fourth-order valence-corrected chi connectivity index (χ4v) is 1.60. The molecular weight excluding hydrogens is 213 g/mol. The Morgan fingerprint density at radius 3 is 2.38 bits per heavy atom. The topological polar surface area (TPSA) is 27.6 Å². The van der Waals surface area contributed by atoms with Crippen molar-refractivity contribution in [2.75, 3.05) is 0 Å². The number of hydrogen-bond donors (Lipinski definition) is 1. The molecule has 1 saturated carbocycles. The second-order valence-electron chi connectivity index (χ2n) is 2.64. The van der Waals surface area contributed by atoms with Gasteiger partial charge in [-0.15, -0.1) is 0 Å². The first-order valence-electron chi connectivity index (χ1n) is 3.21. The van der Waals surface area contributed by atoms with Gasteiger partial charge in [0.2, 0.25) is 0 Å². The van der Waals surface area contributed by atoms with Crippen LogP contribution >= 0.6 is 22.6 Å². The molecule has 1 aliphatic rings. The van der Waals surface area contributed by atoms with Gasteiger partial charge in [0.1, 0.15) is 0 Å². The summed E-state index contributed by atoms with van der Waals surface area (Å²) in [6, 6.07) is 0.697. The molecule has 0 aliphatic heterocycles. The Hall–Kier alpha value is 0.690. The van der Waals surface area contributed by atoms with Crippen LogP contribution in [0.5, 0.6) is 0 Å². The van der Waals surface area contributed by atoms with Crippen LogP contribution in [0.1, 0.15) is 26.2 Å². The highest BCUT2D eigenvalue weighted by Gasteiger charge is 2.47. The average molecular weight is 226 g/mol. The van der Waals surface area contributed by atoms with Crippen molar-refractivity contribution in [3.05, 3.63) is 0 Å². The highest BCUT2D eigenvalue weighted by Crippen LogP contribution is 2.47. The maximum Gasteiger partial charge on any atom is 0.0988 e. The molecule has 1 rings (SSSR count). The lowest BCUT2D eigenvalue weighted by molar-refractivity contribution is -0.420. The molecule has 2 heteroatoms. The van der Waals surface area contributed by atoms with E-state index in [4.69, 9.17) is 0 Å². The van der Waals surface area contributed by atoms with E-state index in [0.29, 0.717) is 9.46 Å². The number of quaternary nitrogens is 1. The monoisotopic (exact) mass is 226 g/mol. The van der Waals surface area contributed by atoms with Gasteiger partial charge in [0, 0.05) is 0 Å². The molecule has 0 bridgehead atoms. The molecule has 0 aromatic carbocycles. The van der Waals surface area contributed by atoms with Gasteiger partial charge in [-0.2, -0.15) is 0 Å². The van der Waals surface area contributed by atoms with Gasteiger partial charge in [0.15, 0.2) is 0 Å². The van der Waals surface area contributed by atoms with E-state index in [0.717, 1.165) is 0 Å². The van der Waals surface area contributed by atoms with Gasteiger partial charge >= 0.3 is 0 Å². The fraction of sp³-hybridized carbons (Fsp3) is 1.00. The first kappa shape index (κ1) is 6.81. The van der Waals surface area contributed by atoms with Crippen LogP contribution in [-0.2, 0) is 0 Å². The lowest BCUT2D eigenvalue weighted by atomic mass is 10.1. The van der Waals surface area contributed by atoms with E-state index in [1.54, 1.807) is 0 Å². The third-order valence-electron chi connectivity index (χ3n) is 1.95. The minimum atomic E-state index is 0.618. The van der Waals surface area contributed by atoms with Crippen molar-refractivity contribution in [1.29, 1.82) is 0 Å². The maximum absolute atomic E-state index is 4.08. The molecule has 1 aliphatic carbocycles. The summed E-state index contributed by atoms with van der Waals surface area (Å²) in [5, 5.41) is 0. The van der Waals surface area contributed by atoms with E-state index < -0.39 is 0 Å². The molecule has 48 valence electrons. The molecule has 0 amide bonds. The molecule has 0 aromatic rings. The normalized spacial score (nSPS) is 27.4. The summed E-state index contributed by atoms with van der Waals surface area (Å²) in [4.78, 5) is 0. The molecule has 0 spiro atoms. The van der Waals surface area contributed by atoms with Crippen LogP contribution in [0, 0.1) is 0 Å². The first-order chi connectivity index (χ1) is 3.69. The van der Waals surface area contributed by atoms with Crippen LogP contribution in [0.25, 0.3) is 0 Å². The summed E-state index contributed by atoms with van der Waals surface area (Å²) in [6.07, 6.45) is 4.04. The predicted molar refractivity (Wildman–Crippen MR) is 43.0 cm³/mol. The van der Waals surface area contributed by atoms with E-state index in [1.165, 1.54) is 19.3 Å². The Bertz CT molecular complexity index is 88.5. The quantitative estimate of drug-likeness (QED) is 0.536. The largest absolute Gasteiger partial charge is 0.354 e. The summed E-state index contributed by atoms with van der Waals surface area (Å²) < 4.78 is 0.618. The SMILES string of the molecule is CCC([NH3+])C1(I)CC1. The zero-order valence-electron chi connectivity index (χ0n) is 5.28. The molecule has 0 heterocycles. The summed E-state index contributed by atoms with van der Waals surface area (Å²) in [5.74, 6) is 0. The number of halogens is 1. The maximum atomic E-state index is 4.08. The lowest BCUT2D eigenvalue weighted by Gasteiger charge is -2.09. The number of rotatable bonds is 2. The van der Waals surface area contributed by atoms with Crippen molar-refractivity contribution in [2.24, 2.45) is 0 Å². The Morgan fingerprint density at radius 1 is 1.75 bits per heavy atom. The average Bonchev–Trinajstić information content (AvgIpc) is 2.47. The van der Waals surface area contributed by atoms with Crippen LogP contribution in [0.2, 0.25) is 0 Å². The minimum Gasteiger partial charge on any atom is -0.354 e.